The molecule has 2 N–H and O–H groups in total. The first-order valence-corrected chi connectivity index (χ1v) is 6.75. The summed E-state index contributed by atoms with van der Waals surface area (Å²) in [5.41, 5.74) is 0. The van der Waals surface area contributed by atoms with Crippen LogP contribution in [-0.4, -0.2) is 42.7 Å². The van der Waals surface area contributed by atoms with Crippen molar-refractivity contribution >= 4 is 17.6 Å². The van der Waals surface area contributed by atoms with E-state index < -0.39 is 0 Å². The Morgan fingerprint density at radius 2 is 1.85 bits per heavy atom. The molecule has 1 heterocycles. The minimum Gasteiger partial charge on any atom is -0.490 e. The molecule has 0 amide bonds. The minimum atomic E-state index is -0.239. The van der Waals surface area contributed by atoms with Gasteiger partial charge in [-0.1, -0.05) is 6.92 Å². The molecule has 0 atom stereocenters. The minimum absolute atomic E-state index is 0.239. The maximum Gasteiger partial charge on any atom is 0.307 e. The largest absolute Gasteiger partial charge is 0.490 e. The Morgan fingerprint density at radius 1 is 1.20 bits per heavy atom. The second-order valence-electron chi connectivity index (χ2n) is 4.01. The Hall–Kier alpha value is -2.05. The van der Waals surface area contributed by atoms with Crippen molar-refractivity contribution in [3.8, 4) is 5.75 Å². The topological polar surface area (TPSA) is 85.4 Å². The van der Waals surface area contributed by atoms with Gasteiger partial charge < -0.3 is 20.1 Å². The number of hydrogen-bond acceptors (Lipinski definition) is 7. The standard InChI is InChI=1S/C13H22N4O3/c1-4-7-14-12-11(19-3)13(17-9-16-12)15-8-6-10(18)20-5-2/h9H,4-8H2,1-3H3,(H2,14,15,16,17). The van der Waals surface area contributed by atoms with Gasteiger partial charge in [0, 0.05) is 13.1 Å². The molecule has 0 fully saturated rings. The summed E-state index contributed by atoms with van der Waals surface area (Å²) in [6, 6.07) is 0. The fourth-order valence-electron chi connectivity index (χ4n) is 1.58. The Kier molecular flexibility index (Phi) is 7.16. The maximum atomic E-state index is 11.3. The average molecular weight is 282 g/mol. The number of carbonyl (C=O) groups excluding carboxylic acids is 1. The summed E-state index contributed by atoms with van der Waals surface area (Å²) in [5, 5.41) is 6.22. The molecule has 112 valence electrons. The third-order valence-electron chi connectivity index (χ3n) is 2.48. The number of methoxy groups -OCH3 is 1. The quantitative estimate of drug-likeness (QED) is 0.666. The van der Waals surface area contributed by atoms with E-state index in [0.29, 0.717) is 30.5 Å². The lowest BCUT2D eigenvalue weighted by atomic mass is 10.4. The second kappa shape index (κ2) is 8.95. The monoisotopic (exact) mass is 282 g/mol. The summed E-state index contributed by atoms with van der Waals surface area (Å²) in [6.07, 6.45) is 2.71. The van der Waals surface area contributed by atoms with E-state index in [1.165, 1.54) is 6.33 Å². The highest BCUT2D eigenvalue weighted by Crippen LogP contribution is 2.28. The van der Waals surface area contributed by atoms with Crippen LogP contribution in [0.2, 0.25) is 0 Å². The highest BCUT2D eigenvalue weighted by molar-refractivity contribution is 5.70. The van der Waals surface area contributed by atoms with Gasteiger partial charge in [0.1, 0.15) is 6.33 Å². The SMILES string of the molecule is CCCNc1ncnc(NCCC(=O)OCC)c1OC. The predicted molar refractivity (Wildman–Crippen MR) is 77.1 cm³/mol. The van der Waals surface area contributed by atoms with Crippen LogP contribution in [0, 0.1) is 0 Å². The van der Waals surface area contributed by atoms with Gasteiger partial charge in [-0.3, -0.25) is 4.79 Å². The first-order valence-electron chi connectivity index (χ1n) is 6.75. The first kappa shape index (κ1) is 16.0. The van der Waals surface area contributed by atoms with Gasteiger partial charge in [-0.05, 0) is 13.3 Å². The molecule has 1 rings (SSSR count). The van der Waals surface area contributed by atoms with E-state index in [1.807, 2.05) is 0 Å². The highest BCUT2D eigenvalue weighted by Gasteiger charge is 2.11. The average Bonchev–Trinajstić information content (AvgIpc) is 2.45. The van der Waals surface area contributed by atoms with Crippen molar-refractivity contribution < 1.29 is 14.3 Å². The molecule has 0 saturated heterocycles. The number of aromatic nitrogens is 2. The fourth-order valence-corrected chi connectivity index (χ4v) is 1.58. The van der Waals surface area contributed by atoms with Gasteiger partial charge >= 0.3 is 5.97 Å². The predicted octanol–water partition coefficient (Wildman–Crippen LogP) is 1.67. The van der Waals surface area contributed by atoms with Crippen LogP contribution < -0.4 is 15.4 Å². The van der Waals surface area contributed by atoms with E-state index in [-0.39, 0.29) is 12.4 Å². The van der Waals surface area contributed by atoms with Crippen molar-refractivity contribution in [1.82, 2.24) is 9.97 Å². The highest BCUT2D eigenvalue weighted by atomic mass is 16.5. The van der Waals surface area contributed by atoms with E-state index in [4.69, 9.17) is 9.47 Å². The van der Waals surface area contributed by atoms with Crippen LogP contribution in [0.1, 0.15) is 26.7 Å². The van der Waals surface area contributed by atoms with Crippen molar-refractivity contribution in [1.29, 1.82) is 0 Å². The number of anilines is 2. The van der Waals surface area contributed by atoms with Gasteiger partial charge in [-0.25, -0.2) is 9.97 Å². The molecule has 0 aliphatic heterocycles. The van der Waals surface area contributed by atoms with Crippen LogP contribution in [0.3, 0.4) is 0 Å². The number of nitrogens with zero attached hydrogens (tertiary/aromatic N) is 2. The summed E-state index contributed by atoms with van der Waals surface area (Å²) >= 11 is 0. The van der Waals surface area contributed by atoms with Gasteiger partial charge in [-0.2, -0.15) is 0 Å². The van der Waals surface area contributed by atoms with E-state index >= 15 is 0 Å². The van der Waals surface area contributed by atoms with E-state index in [2.05, 4.69) is 27.5 Å². The molecule has 0 unspecified atom stereocenters. The number of rotatable bonds is 9. The van der Waals surface area contributed by atoms with E-state index in [0.717, 1.165) is 13.0 Å². The normalized spacial score (nSPS) is 9.95. The van der Waals surface area contributed by atoms with Gasteiger partial charge in [0.15, 0.2) is 11.6 Å². The van der Waals surface area contributed by atoms with Crippen LogP contribution >= 0.6 is 0 Å². The van der Waals surface area contributed by atoms with Gasteiger partial charge in [0.2, 0.25) is 5.75 Å². The summed E-state index contributed by atoms with van der Waals surface area (Å²) in [6.45, 7) is 5.47. The van der Waals surface area contributed by atoms with Crippen LogP contribution in [0.25, 0.3) is 0 Å². The van der Waals surface area contributed by atoms with Gasteiger partial charge in [0.05, 0.1) is 20.1 Å². The Morgan fingerprint density at radius 3 is 2.40 bits per heavy atom. The lowest BCUT2D eigenvalue weighted by molar-refractivity contribution is -0.142. The molecule has 0 aliphatic rings. The molecule has 7 nitrogen and oxygen atoms in total. The Balaban J connectivity index is 2.62. The molecule has 1 aromatic rings. The number of nitrogens with one attached hydrogen (secondary N) is 2. The lowest BCUT2D eigenvalue weighted by Crippen LogP contribution is -2.13. The van der Waals surface area contributed by atoms with Gasteiger partial charge in [0.25, 0.3) is 0 Å². The zero-order chi connectivity index (χ0) is 14.8. The van der Waals surface area contributed by atoms with Crippen molar-refractivity contribution in [2.24, 2.45) is 0 Å². The fraction of sp³-hybridized carbons (Fsp3) is 0.615. The molecule has 0 aliphatic carbocycles. The molecule has 0 aromatic carbocycles. The van der Waals surface area contributed by atoms with Crippen LogP contribution in [0.4, 0.5) is 11.6 Å². The molecule has 0 radical (unpaired) electrons. The second-order valence-corrected chi connectivity index (χ2v) is 4.01. The van der Waals surface area contributed by atoms with Crippen molar-refractivity contribution in [2.45, 2.75) is 26.7 Å². The van der Waals surface area contributed by atoms with Crippen molar-refractivity contribution in [3.63, 3.8) is 0 Å². The van der Waals surface area contributed by atoms with Crippen LogP contribution in [-0.2, 0) is 9.53 Å². The first-order chi connectivity index (χ1) is 9.72. The summed E-state index contributed by atoms with van der Waals surface area (Å²) in [7, 11) is 1.56. The van der Waals surface area contributed by atoms with Crippen molar-refractivity contribution in [2.75, 3.05) is 37.4 Å². The lowest BCUT2D eigenvalue weighted by Gasteiger charge is -2.13. The Bertz CT molecular complexity index is 426. The molecule has 0 bridgehead atoms. The van der Waals surface area contributed by atoms with Gasteiger partial charge in [-0.15, -0.1) is 0 Å². The van der Waals surface area contributed by atoms with Crippen LogP contribution in [0.15, 0.2) is 6.33 Å². The Labute approximate surface area is 119 Å². The van der Waals surface area contributed by atoms with E-state index in [9.17, 15) is 4.79 Å². The maximum absolute atomic E-state index is 11.3. The molecule has 0 saturated carbocycles. The number of ether oxygens (including phenoxy) is 2. The summed E-state index contributed by atoms with van der Waals surface area (Å²) in [5.74, 6) is 1.51. The number of esters is 1. The van der Waals surface area contributed by atoms with Crippen LogP contribution in [0.5, 0.6) is 5.75 Å². The number of hydrogen-bond donors (Lipinski definition) is 2. The zero-order valence-corrected chi connectivity index (χ0v) is 12.2. The molecular formula is C13H22N4O3. The van der Waals surface area contributed by atoms with Crippen molar-refractivity contribution in [3.05, 3.63) is 6.33 Å². The van der Waals surface area contributed by atoms with E-state index in [1.54, 1.807) is 14.0 Å². The molecular weight excluding hydrogens is 260 g/mol. The molecule has 0 spiro atoms. The summed E-state index contributed by atoms with van der Waals surface area (Å²) in [4.78, 5) is 19.5. The third-order valence-corrected chi connectivity index (χ3v) is 2.48. The number of carbonyl (C=O) groups is 1. The molecule has 1 aromatic heterocycles. The zero-order valence-electron chi connectivity index (χ0n) is 12.2. The smallest absolute Gasteiger partial charge is 0.307 e. The molecule has 7 heteroatoms. The third kappa shape index (κ3) is 4.91. The molecule has 20 heavy (non-hydrogen) atoms. The summed E-state index contributed by atoms with van der Waals surface area (Å²) < 4.78 is 10.2.